The summed E-state index contributed by atoms with van der Waals surface area (Å²) in [5, 5.41) is 39.8. The van der Waals surface area contributed by atoms with E-state index in [0.29, 0.717) is 22.8 Å². The summed E-state index contributed by atoms with van der Waals surface area (Å²) in [7, 11) is 1.73. The molecule has 3 aromatic rings. The Morgan fingerprint density at radius 1 is 1.26 bits per heavy atom. The van der Waals surface area contributed by atoms with Crippen LogP contribution in [0.2, 0.25) is 0 Å². The molecule has 0 amide bonds. The number of hydrogen-bond donors (Lipinski definition) is 5. The number of ether oxygens (including phenoxy) is 1. The van der Waals surface area contributed by atoms with Crippen molar-refractivity contribution in [2.45, 2.75) is 38.4 Å². The van der Waals surface area contributed by atoms with Crippen molar-refractivity contribution in [2.75, 3.05) is 19.0 Å². The van der Waals surface area contributed by atoms with E-state index in [0.717, 1.165) is 17.0 Å². The van der Waals surface area contributed by atoms with E-state index in [1.165, 1.54) is 10.9 Å². The first kappa shape index (κ1) is 17.8. The lowest BCUT2D eigenvalue weighted by Gasteiger charge is -2.17. The van der Waals surface area contributed by atoms with Crippen LogP contribution in [0, 0.1) is 13.8 Å². The van der Waals surface area contributed by atoms with E-state index in [1.807, 2.05) is 13.8 Å². The summed E-state index contributed by atoms with van der Waals surface area (Å²) < 4.78 is 7.15. The lowest BCUT2D eigenvalue weighted by molar-refractivity contribution is -0.0511. The van der Waals surface area contributed by atoms with Gasteiger partial charge in [-0.05, 0) is 13.8 Å². The van der Waals surface area contributed by atoms with E-state index < -0.39 is 31.1 Å². The average Bonchev–Trinajstić information content (AvgIpc) is 3.31. The molecule has 1 saturated heterocycles. The lowest BCUT2D eigenvalue weighted by Crippen LogP contribution is -2.33. The summed E-state index contributed by atoms with van der Waals surface area (Å²) in [6.45, 7) is 3.33. The SMILES string of the molecule is CNc1nc(-c2c(C)n[nH]c2C)nc2c1ncn2[C@@H]1O[C@H](CO)[C@@H](O)[C@H]1O. The largest absolute Gasteiger partial charge is 0.394 e. The summed E-state index contributed by atoms with van der Waals surface area (Å²) in [6, 6.07) is 0. The van der Waals surface area contributed by atoms with Gasteiger partial charge in [-0.2, -0.15) is 5.10 Å². The molecule has 4 atom stereocenters. The molecule has 0 unspecified atom stereocenters. The molecule has 11 nitrogen and oxygen atoms in total. The number of aromatic nitrogens is 6. The summed E-state index contributed by atoms with van der Waals surface area (Å²) in [5.41, 5.74) is 3.29. The zero-order valence-corrected chi connectivity index (χ0v) is 15.1. The maximum atomic E-state index is 10.3. The monoisotopic (exact) mass is 375 g/mol. The normalized spacial score (nSPS) is 25.4. The molecule has 11 heteroatoms. The summed E-state index contributed by atoms with van der Waals surface area (Å²) >= 11 is 0. The molecule has 0 spiro atoms. The molecule has 0 saturated carbocycles. The van der Waals surface area contributed by atoms with Crippen molar-refractivity contribution in [3.05, 3.63) is 17.7 Å². The average molecular weight is 375 g/mol. The highest BCUT2D eigenvalue weighted by Crippen LogP contribution is 2.33. The quantitative estimate of drug-likeness (QED) is 0.405. The maximum absolute atomic E-state index is 10.3. The van der Waals surface area contributed by atoms with Crippen LogP contribution in [0.4, 0.5) is 5.82 Å². The Morgan fingerprint density at radius 2 is 2.04 bits per heavy atom. The first-order valence-electron chi connectivity index (χ1n) is 8.53. The van der Waals surface area contributed by atoms with E-state index in [1.54, 1.807) is 7.05 Å². The van der Waals surface area contributed by atoms with Crippen LogP contribution in [-0.4, -0.2) is 77.0 Å². The van der Waals surface area contributed by atoms with Crippen LogP contribution in [0.25, 0.3) is 22.6 Å². The molecular weight excluding hydrogens is 354 g/mol. The lowest BCUT2D eigenvalue weighted by atomic mass is 10.1. The molecule has 27 heavy (non-hydrogen) atoms. The van der Waals surface area contributed by atoms with E-state index in [4.69, 9.17) is 4.74 Å². The Bertz CT molecular complexity index is 965. The number of rotatable bonds is 4. The minimum absolute atomic E-state index is 0.406. The Hall–Kier alpha value is -2.60. The van der Waals surface area contributed by atoms with Crippen LogP contribution in [0.1, 0.15) is 17.6 Å². The number of aliphatic hydroxyl groups excluding tert-OH is 3. The predicted octanol–water partition coefficient (Wildman–Crippen LogP) is -0.514. The molecule has 1 aliphatic rings. The van der Waals surface area contributed by atoms with Crippen molar-refractivity contribution in [1.82, 2.24) is 29.7 Å². The van der Waals surface area contributed by atoms with Crippen molar-refractivity contribution in [3.8, 4) is 11.4 Å². The molecule has 0 bridgehead atoms. The van der Waals surface area contributed by atoms with Crippen molar-refractivity contribution in [1.29, 1.82) is 0 Å². The number of aromatic amines is 1. The van der Waals surface area contributed by atoms with E-state index in [9.17, 15) is 15.3 Å². The third kappa shape index (κ3) is 2.67. The molecule has 0 aromatic carbocycles. The van der Waals surface area contributed by atoms with Gasteiger partial charge < -0.3 is 25.4 Å². The second-order valence-electron chi connectivity index (χ2n) is 6.51. The van der Waals surface area contributed by atoms with Crippen molar-refractivity contribution >= 4 is 17.0 Å². The van der Waals surface area contributed by atoms with Gasteiger partial charge in [-0.3, -0.25) is 9.67 Å². The van der Waals surface area contributed by atoms with Gasteiger partial charge in [0, 0.05) is 12.7 Å². The first-order valence-corrected chi connectivity index (χ1v) is 8.53. The predicted molar refractivity (Wildman–Crippen MR) is 94.9 cm³/mol. The number of H-pyrrole nitrogens is 1. The molecular formula is C16H21N7O4. The summed E-state index contributed by atoms with van der Waals surface area (Å²) in [4.78, 5) is 13.5. The van der Waals surface area contributed by atoms with Crippen molar-refractivity contribution < 1.29 is 20.1 Å². The number of fused-ring (bicyclic) bond motifs is 1. The third-order valence-corrected chi connectivity index (χ3v) is 4.80. The molecule has 144 valence electrons. The highest BCUT2D eigenvalue weighted by atomic mass is 16.6. The zero-order chi connectivity index (χ0) is 19.3. The molecule has 1 fully saturated rings. The van der Waals surface area contributed by atoms with E-state index in [-0.39, 0.29) is 0 Å². The van der Waals surface area contributed by atoms with Gasteiger partial charge in [0.15, 0.2) is 29.0 Å². The second kappa shape index (κ2) is 6.53. The molecule has 4 heterocycles. The number of nitrogens with zero attached hydrogens (tertiary/aromatic N) is 5. The highest BCUT2D eigenvalue weighted by Gasteiger charge is 2.44. The van der Waals surface area contributed by atoms with Gasteiger partial charge in [0.05, 0.1) is 24.2 Å². The summed E-state index contributed by atoms with van der Waals surface area (Å²) in [6.07, 6.45) is -2.78. The number of aryl methyl sites for hydroxylation is 2. The van der Waals surface area contributed by atoms with Gasteiger partial charge >= 0.3 is 0 Å². The molecule has 4 rings (SSSR count). The minimum Gasteiger partial charge on any atom is -0.394 e. The van der Waals surface area contributed by atoms with Crippen molar-refractivity contribution in [3.63, 3.8) is 0 Å². The van der Waals surface area contributed by atoms with Gasteiger partial charge in [-0.25, -0.2) is 15.0 Å². The van der Waals surface area contributed by atoms with Gasteiger partial charge in [-0.1, -0.05) is 0 Å². The Labute approximate surface area is 154 Å². The van der Waals surface area contributed by atoms with Crippen LogP contribution in [0.5, 0.6) is 0 Å². The zero-order valence-electron chi connectivity index (χ0n) is 15.1. The first-order chi connectivity index (χ1) is 13.0. The number of nitrogens with one attached hydrogen (secondary N) is 2. The number of imidazole rings is 1. The van der Waals surface area contributed by atoms with Crippen LogP contribution < -0.4 is 5.32 Å². The standard InChI is InChI=1S/C16H21N7O4/c1-6-9(7(2)22-21-6)13-19-14(17-3)10-15(20-13)23(5-18-10)16-12(26)11(25)8(4-24)27-16/h5,8,11-12,16,24-26H,4H2,1-3H3,(H,21,22)(H,17,19,20)/t8-,11-,12-,16-/m1/s1. The highest BCUT2D eigenvalue weighted by molar-refractivity contribution is 5.85. The third-order valence-electron chi connectivity index (χ3n) is 4.80. The Kier molecular flexibility index (Phi) is 4.30. The number of anilines is 1. The topological polar surface area (TPSA) is 154 Å². The van der Waals surface area contributed by atoms with Crippen molar-refractivity contribution in [2.24, 2.45) is 0 Å². The minimum atomic E-state index is -1.23. The fourth-order valence-electron chi connectivity index (χ4n) is 3.38. The number of aliphatic hydroxyl groups is 3. The second-order valence-corrected chi connectivity index (χ2v) is 6.51. The molecule has 5 N–H and O–H groups in total. The smallest absolute Gasteiger partial charge is 0.168 e. The molecule has 0 radical (unpaired) electrons. The molecule has 3 aromatic heterocycles. The fourth-order valence-corrected chi connectivity index (χ4v) is 3.38. The Balaban J connectivity index is 1.88. The van der Waals surface area contributed by atoms with Gasteiger partial charge in [0.25, 0.3) is 0 Å². The van der Waals surface area contributed by atoms with Gasteiger partial charge in [0.1, 0.15) is 18.3 Å². The van der Waals surface area contributed by atoms with Gasteiger partial charge in [-0.15, -0.1) is 0 Å². The summed E-state index contributed by atoms with van der Waals surface area (Å²) in [5.74, 6) is 0.963. The maximum Gasteiger partial charge on any atom is 0.168 e. The Morgan fingerprint density at radius 3 is 2.63 bits per heavy atom. The van der Waals surface area contributed by atoms with Crippen LogP contribution in [-0.2, 0) is 4.74 Å². The van der Waals surface area contributed by atoms with Gasteiger partial charge in [0.2, 0.25) is 0 Å². The van der Waals surface area contributed by atoms with E-state index in [2.05, 4.69) is 30.5 Å². The van der Waals surface area contributed by atoms with E-state index >= 15 is 0 Å². The molecule has 1 aliphatic heterocycles. The molecule has 0 aliphatic carbocycles. The van der Waals surface area contributed by atoms with Crippen LogP contribution in [0.3, 0.4) is 0 Å². The fraction of sp³-hybridized carbons (Fsp3) is 0.500. The van der Waals surface area contributed by atoms with Crippen LogP contribution in [0.15, 0.2) is 6.33 Å². The number of hydrogen-bond acceptors (Lipinski definition) is 9. The van der Waals surface area contributed by atoms with Crippen LogP contribution >= 0.6 is 0 Å².